The number of halogens is 2. The fourth-order valence-corrected chi connectivity index (χ4v) is 3.36. The summed E-state index contributed by atoms with van der Waals surface area (Å²) in [5.74, 6) is 0.330. The minimum atomic E-state index is -0.633. The fraction of sp³-hybridized carbons (Fsp3) is 0.462. The minimum absolute atomic E-state index is 0.0662. The highest BCUT2D eigenvalue weighted by Crippen LogP contribution is 2.44. The average Bonchev–Trinajstić information content (AvgIpc) is 3.06. The molecular weight excluding hydrogens is 318 g/mol. The van der Waals surface area contributed by atoms with Crippen molar-refractivity contribution in [3.8, 4) is 0 Å². The summed E-state index contributed by atoms with van der Waals surface area (Å²) < 4.78 is 0.788. The summed E-state index contributed by atoms with van der Waals surface area (Å²) >= 11 is 9.25. The number of amides is 1. The number of β-amino-alcohol motifs (C(OH)–C–C–N with tert-alkyl or cyclic N) is 1. The van der Waals surface area contributed by atoms with Crippen LogP contribution in [0.4, 0.5) is 0 Å². The van der Waals surface area contributed by atoms with Crippen LogP contribution in [-0.2, 0) is 0 Å². The lowest BCUT2D eigenvalue weighted by Crippen LogP contribution is -2.64. The van der Waals surface area contributed by atoms with E-state index in [1.165, 1.54) is 0 Å². The van der Waals surface area contributed by atoms with E-state index in [4.69, 9.17) is 11.6 Å². The lowest BCUT2D eigenvalue weighted by molar-refractivity contribution is -0.0958. The quantitative estimate of drug-likeness (QED) is 0.906. The molecule has 1 N–H and O–H groups in total. The van der Waals surface area contributed by atoms with Crippen LogP contribution in [0.3, 0.4) is 0 Å². The molecule has 18 heavy (non-hydrogen) atoms. The van der Waals surface area contributed by atoms with Crippen LogP contribution in [0.15, 0.2) is 22.7 Å². The Kier molecular flexibility index (Phi) is 2.92. The molecule has 0 radical (unpaired) electrons. The highest BCUT2D eigenvalue weighted by molar-refractivity contribution is 9.10. The van der Waals surface area contributed by atoms with E-state index in [0.717, 1.165) is 17.3 Å². The summed E-state index contributed by atoms with van der Waals surface area (Å²) in [6, 6.07) is 5.15. The van der Waals surface area contributed by atoms with Crippen LogP contribution in [0.5, 0.6) is 0 Å². The number of hydrogen-bond acceptors (Lipinski definition) is 2. The Balaban J connectivity index is 1.72. The third-order valence-corrected chi connectivity index (χ3v) is 4.34. The van der Waals surface area contributed by atoms with E-state index in [0.29, 0.717) is 29.6 Å². The minimum Gasteiger partial charge on any atom is -0.386 e. The summed E-state index contributed by atoms with van der Waals surface area (Å²) in [5.41, 5.74) is -0.0712. The van der Waals surface area contributed by atoms with Crippen molar-refractivity contribution in [2.75, 3.05) is 13.1 Å². The van der Waals surface area contributed by atoms with Gasteiger partial charge >= 0.3 is 0 Å². The van der Waals surface area contributed by atoms with Crippen molar-refractivity contribution >= 4 is 33.4 Å². The largest absolute Gasteiger partial charge is 0.386 e. The van der Waals surface area contributed by atoms with Gasteiger partial charge in [-0.3, -0.25) is 4.79 Å². The smallest absolute Gasteiger partial charge is 0.254 e. The topological polar surface area (TPSA) is 40.5 Å². The summed E-state index contributed by atoms with van der Waals surface area (Å²) in [6.45, 7) is 0.890. The molecular formula is C13H13BrClNO2. The van der Waals surface area contributed by atoms with Gasteiger partial charge in [0.1, 0.15) is 5.60 Å². The number of benzene rings is 1. The molecule has 1 heterocycles. The molecule has 1 saturated carbocycles. The molecule has 0 aromatic heterocycles. The number of likely N-dealkylation sites (tertiary alicyclic amines) is 1. The summed E-state index contributed by atoms with van der Waals surface area (Å²) in [6.07, 6.45) is 2.17. The Hall–Kier alpha value is -0.580. The van der Waals surface area contributed by atoms with Gasteiger partial charge in [0.25, 0.3) is 5.91 Å². The average molecular weight is 331 g/mol. The van der Waals surface area contributed by atoms with E-state index in [2.05, 4.69) is 15.9 Å². The standard InChI is InChI=1S/C13H13BrClNO2/c14-10-3-8(4-11(15)5-10)12(17)16-6-13(18,7-16)9-1-2-9/h3-5,9,18H,1-2,6-7H2. The lowest BCUT2D eigenvalue weighted by atomic mass is 9.88. The summed E-state index contributed by atoms with van der Waals surface area (Å²) in [7, 11) is 0. The summed E-state index contributed by atoms with van der Waals surface area (Å²) in [5, 5.41) is 10.7. The van der Waals surface area contributed by atoms with Crippen LogP contribution < -0.4 is 0 Å². The first-order valence-corrected chi connectivity index (χ1v) is 7.13. The normalized spacial score (nSPS) is 21.6. The van der Waals surface area contributed by atoms with Crippen LogP contribution in [0.2, 0.25) is 5.02 Å². The Labute approximate surface area is 119 Å². The van der Waals surface area contributed by atoms with E-state index < -0.39 is 5.60 Å². The maximum Gasteiger partial charge on any atom is 0.254 e. The van der Waals surface area contributed by atoms with Crippen molar-refractivity contribution in [2.24, 2.45) is 5.92 Å². The molecule has 1 aliphatic heterocycles. The van der Waals surface area contributed by atoms with Crippen LogP contribution >= 0.6 is 27.5 Å². The van der Waals surface area contributed by atoms with Crippen LogP contribution in [0.25, 0.3) is 0 Å². The van der Waals surface area contributed by atoms with E-state index in [9.17, 15) is 9.90 Å². The highest BCUT2D eigenvalue weighted by Gasteiger charge is 2.53. The van der Waals surface area contributed by atoms with E-state index in [1.54, 1.807) is 23.1 Å². The van der Waals surface area contributed by atoms with Gasteiger partial charge in [-0.15, -0.1) is 0 Å². The maximum absolute atomic E-state index is 12.2. The van der Waals surface area contributed by atoms with Crippen LogP contribution in [0, 0.1) is 5.92 Å². The van der Waals surface area contributed by atoms with Crippen molar-refractivity contribution < 1.29 is 9.90 Å². The van der Waals surface area contributed by atoms with Crippen molar-refractivity contribution in [3.05, 3.63) is 33.3 Å². The van der Waals surface area contributed by atoms with Crippen molar-refractivity contribution in [2.45, 2.75) is 18.4 Å². The molecule has 1 aromatic rings. The third-order valence-electron chi connectivity index (χ3n) is 3.66. The molecule has 0 spiro atoms. The number of carbonyl (C=O) groups is 1. The van der Waals surface area contributed by atoms with Gasteiger partial charge in [0.2, 0.25) is 0 Å². The van der Waals surface area contributed by atoms with E-state index >= 15 is 0 Å². The molecule has 1 aromatic carbocycles. The predicted molar refractivity (Wildman–Crippen MR) is 72.7 cm³/mol. The third kappa shape index (κ3) is 2.17. The number of nitrogens with zero attached hydrogens (tertiary/aromatic N) is 1. The molecule has 0 atom stereocenters. The van der Waals surface area contributed by atoms with Gasteiger partial charge < -0.3 is 10.0 Å². The molecule has 0 unspecified atom stereocenters. The van der Waals surface area contributed by atoms with Gasteiger partial charge in [-0.2, -0.15) is 0 Å². The fourth-order valence-electron chi connectivity index (χ4n) is 2.50. The van der Waals surface area contributed by atoms with Gasteiger partial charge in [0.05, 0.1) is 13.1 Å². The molecule has 3 nitrogen and oxygen atoms in total. The molecule has 2 aliphatic rings. The van der Waals surface area contributed by atoms with Gasteiger partial charge in [-0.05, 0) is 37.0 Å². The Bertz CT molecular complexity index is 489. The Morgan fingerprint density at radius 1 is 1.39 bits per heavy atom. The number of aliphatic hydroxyl groups is 1. The first-order valence-electron chi connectivity index (χ1n) is 5.96. The van der Waals surface area contributed by atoms with Gasteiger partial charge in [-0.1, -0.05) is 27.5 Å². The number of hydrogen-bond donors (Lipinski definition) is 1. The van der Waals surface area contributed by atoms with Gasteiger partial charge in [0.15, 0.2) is 0 Å². The molecule has 1 amide bonds. The predicted octanol–water partition coefficient (Wildman–Crippen LogP) is 2.70. The van der Waals surface area contributed by atoms with Gasteiger partial charge in [0, 0.05) is 15.1 Å². The molecule has 2 fully saturated rings. The van der Waals surface area contributed by atoms with Crippen molar-refractivity contribution in [3.63, 3.8) is 0 Å². The number of rotatable bonds is 2. The second-order valence-corrected chi connectivity index (χ2v) is 6.55. The Morgan fingerprint density at radius 3 is 2.61 bits per heavy atom. The Morgan fingerprint density at radius 2 is 2.06 bits per heavy atom. The first-order chi connectivity index (χ1) is 8.48. The summed E-state index contributed by atoms with van der Waals surface area (Å²) in [4.78, 5) is 13.9. The zero-order valence-corrected chi connectivity index (χ0v) is 12.0. The molecule has 1 aliphatic carbocycles. The van der Waals surface area contributed by atoms with Crippen molar-refractivity contribution in [1.29, 1.82) is 0 Å². The highest BCUT2D eigenvalue weighted by atomic mass is 79.9. The molecule has 0 bridgehead atoms. The van der Waals surface area contributed by atoms with Crippen LogP contribution in [-0.4, -0.2) is 34.6 Å². The maximum atomic E-state index is 12.2. The zero-order chi connectivity index (χ0) is 12.9. The van der Waals surface area contributed by atoms with Crippen molar-refractivity contribution in [1.82, 2.24) is 4.90 Å². The molecule has 5 heteroatoms. The molecule has 1 saturated heterocycles. The first kappa shape index (κ1) is 12.5. The lowest BCUT2D eigenvalue weighted by Gasteiger charge is -2.47. The molecule has 3 rings (SSSR count). The van der Waals surface area contributed by atoms with Crippen LogP contribution in [0.1, 0.15) is 23.2 Å². The van der Waals surface area contributed by atoms with E-state index in [1.807, 2.05) is 0 Å². The monoisotopic (exact) mass is 329 g/mol. The molecule has 96 valence electrons. The SMILES string of the molecule is O=C(c1cc(Cl)cc(Br)c1)N1CC(O)(C2CC2)C1. The number of carbonyl (C=O) groups excluding carboxylic acids is 1. The second kappa shape index (κ2) is 4.22. The second-order valence-electron chi connectivity index (χ2n) is 5.20. The van der Waals surface area contributed by atoms with E-state index in [-0.39, 0.29) is 5.91 Å². The van der Waals surface area contributed by atoms with Gasteiger partial charge in [-0.25, -0.2) is 0 Å². The zero-order valence-electron chi connectivity index (χ0n) is 9.70.